The lowest BCUT2D eigenvalue weighted by atomic mass is 9.91. The molecule has 0 aliphatic heterocycles. The van der Waals surface area contributed by atoms with Gasteiger partial charge in [-0.05, 0) is 49.9 Å². The number of benzene rings is 1. The third-order valence-corrected chi connectivity index (χ3v) is 4.54. The van der Waals surface area contributed by atoms with E-state index in [4.69, 9.17) is 9.84 Å². The topological polar surface area (TPSA) is 88.8 Å². The number of aryl methyl sites for hydroxylation is 1. The number of rotatable bonds is 7. The summed E-state index contributed by atoms with van der Waals surface area (Å²) in [5.41, 5.74) is 2.06. The van der Waals surface area contributed by atoms with Gasteiger partial charge >= 0.3 is 6.09 Å². The fourth-order valence-electron chi connectivity index (χ4n) is 3.56. The molecule has 1 aromatic carbocycles. The van der Waals surface area contributed by atoms with E-state index >= 15 is 0 Å². The molecule has 0 radical (unpaired) electrons. The Morgan fingerprint density at radius 2 is 2.14 bits per heavy atom. The molecule has 0 aliphatic carbocycles. The highest BCUT2D eigenvalue weighted by Crippen LogP contribution is 2.29. The number of hydrogen-bond acceptors (Lipinski definition) is 4. The molecule has 7 nitrogen and oxygen atoms in total. The number of nitrogens with one attached hydrogen (secondary N) is 1. The van der Waals surface area contributed by atoms with Gasteiger partial charge in [-0.15, -0.1) is 0 Å². The summed E-state index contributed by atoms with van der Waals surface area (Å²) in [6, 6.07) is 6.47. The summed E-state index contributed by atoms with van der Waals surface area (Å²) in [5, 5.41) is 15.8. The Labute approximate surface area is 168 Å². The number of ether oxygens (including phenoxy) is 1. The monoisotopic (exact) mass is 400 g/mol. The number of imidazole rings is 1. The second kappa shape index (κ2) is 8.06. The molecule has 2 heterocycles. The van der Waals surface area contributed by atoms with Crippen LogP contribution in [0.1, 0.15) is 32.9 Å². The minimum Gasteiger partial charge on any atom is -0.488 e. The first-order chi connectivity index (χ1) is 13.7. The summed E-state index contributed by atoms with van der Waals surface area (Å²) in [6.45, 7) is 7.62. The predicted molar refractivity (Wildman–Crippen MR) is 108 cm³/mol. The van der Waals surface area contributed by atoms with Crippen molar-refractivity contribution in [1.82, 2.24) is 19.9 Å². The number of carbonyl (C=O) groups is 1. The van der Waals surface area contributed by atoms with E-state index in [0.29, 0.717) is 17.6 Å². The lowest BCUT2D eigenvalue weighted by Gasteiger charge is -2.31. The van der Waals surface area contributed by atoms with Crippen molar-refractivity contribution in [3.05, 3.63) is 48.2 Å². The van der Waals surface area contributed by atoms with Crippen LogP contribution in [0.25, 0.3) is 16.8 Å². The van der Waals surface area contributed by atoms with Crippen LogP contribution in [0.4, 0.5) is 9.18 Å². The van der Waals surface area contributed by atoms with Gasteiger partial charge in [0.15, 0.2) is 17.2 Å². The van der Waals surface area contributed by atoms with Gasteiger partial charge in [0.1, 0.15) is 6.61 Å². The molecule has 29 heavy (non-hydrogen) atoms. The second-order valence-corrected chi connectivity index (χ2v) is 7.92. The van der Waals surface area contributed by atoms with Crippen molar-refractivity contribution in [1.29, 1.82) is 0 Å². The number of halogens is 1. The van der Waals surface area contributed by atoms with Crippen LogP contribution >= 0.6 is 0 Å². The zero-order valence-corrected chi connectivity index (χ0v) is 16.9. The van der Waals surface area contributed by atoms with Gasteiger partial charge in [-0.3, -0.25) is 0 Å². The van der Waals surface area contributed by atoms with Gasteiger partial charge in [-0.1, -0.05) is 19.9 Å². The highest BCUT2D eigenvalue weighted by atomic mass is 19.1. The normalized spacial score (nSPS) is 13.4. The fourth-order valence-corrected chi connectivity index (χ4v) is 3.56. The first-order valence-electron chi connectivity index (χ1n) is 9.42. The molecule has 3 aromatic rings. The summed E-state index contributed by atoms with van der Waals surface area (Å²) in [6.07, 6.45) is 2.87. The molecule has 3 rings (SSSR count). The minimum absolute atomic E-state index is 0.0205. The first-order valence-corrected chi connectivity index (χ1v) is 9.42. The van der Waals surface area contributed by atoms with Crippen molar-refractivity contribution in [2.24, 2.45) is 5.92 Å². The molecule has 0 saturated carbocycles. The maximum atomic E-state index is 14.7. The molecule has 0 bridgehead atoms. The Kier molecular flexibility index (Phi) is 5.72. The molecule has 8 heteroatoms. The summed E-state index contributed by atoms with van der Waals surface area (Å²) in [5.74, 6) is -0.210. The van der Waals surface area contributed by atoms with E-state index in [1.807, 2.05) is 20.8 Å². The van der Waals surface area contributed by atoms with Crippen LogP contribution in [0.3, 0.4) is 0 Å². The number of aromatic nitrogens is 3. The number of fused-ring (bicyclic) bond motifs is 1. The summed E-state index contributed by atoms with van der Waals surface area (Å²) >= 11 is 0. The van der Waals surface area contributed by atoms with Crippen molar-refractivity contribution < 1.29 is 19.0 Å². The van der Waals surface area contributed by atoms with Gasteiger partial charge in [0, 0.05) is 11.8 Å². The van der Waals surface area contributed by atoms with Crippen LogP contribution in [-0.4, -0.2) is 37.9 Å². The van der Waals surface area contributed by atoms with E-state index in [9.17, 15) is 9.18 Å². The smallest absolute Gasteiger partial charge is 0.405 e. The summed E-state index contributed by atoms with van der Waals surface area (Å²) < 4.78 is 22.0. The van der Waals surface area contributed by atoms with Crippen LogP contribution in [0.15, 0.2) is 36.7 Å². The molecule has 0 fully saturated rings. The molecule has 2 N–H and O–H groups in total. The average Bonchev–Trinajstić information content (AvgIpc) is 2.99. The van der Waals surface area contributed by atoms with Gasteiger partial charge in [0.2, 0.25) is 0 Å². The van der Waals surface area contributed by atoms with Gasteiger partial charge in [0.25, 0.3) is 0 Å². The van der Waals surface area contributed by atoms with Crippen molar-refractivity contribution in [2.75, 3.05) is 6.61 Å². The van der Waals surface area contributed by atoms with E-state index in [1.165, 1.54) is 6.07 Å². The fraction of sp³-hybridized carbons (Fsp3) is 0.381. The van der Waals surface area contributed by atoms with Crippen LogP contribution < -0.4 is 10.1 Å². The molecule has 1 unspecified atom stereocenters. The van der Waals surface area contributed by atoms with E-state index in [2.05, 4.69) is 15.4 Å². The first kappa shape index (κ1) is 20.6. The SMILES string of the molecule is Cc1cn2nccc(-c3ccc(OCC(C)(CC(C)C)NC(=O)O)c(F)c3)c2n1. The zero-order valence-electron chi connectivity index (χ0n) is 16.9. The number of amides is 1. The van der Waals surface area contributed by atoms with Crippen molar-refractivity contribution in [2.45, 2.75) is 39.7 Å². The quantitative estimate of drug-likeness (QED) is 0.617. The summed E-state index contributed by atoms with van der Waals surface area (Å²) in [4.78, 5) is 15.6. The molecule has 0 spiro atoms. The van der Waals surface area contributed by atoms with Crippen molar-refractivity contribution >= 4 is 11.7 Å². The lowest BCUT2D eigenvalue weighted by Crippen LogP contribution is -2.50. The molecule has 0 aliphatic rings. The van der Waals surface area contributed by atoms with Gasteiger partial charge in [0.05, 0.1) is 17.4 Å². The average molecular weight is 400 g/mol. The van der Waals surface area contributed by atoms with Crippen LogP contribution in [0, 0.1) is 18.7 Å². The molecular formula is C21H25FN4O3. The molecular weight excluding hydrogens is 375 g/mol. The molecule has 1 amide bonds. The molecule has 1 atom stereocenters. The van der Waals surface area contributed by atoms with E-state index in [0.717, 1.165) is 11.3 Å². The lowest BCUT2D eigenvalue weighted by molar-refractivity contribution is 0.141. The number of nitrogens with zero attached hydrogens (tertiary/aromatic N) is 3. The van der Waals surface area contributed by atoms with Crippen LogP contribution in [-0.2, 0) is 0 Å². The molecule has 154 valence electrons. The molecule has 0 saturated heterocycles. The maximum Gasteiger partial charge on any atom is 0.405 e. The minimum atomic E-state index is -1.13. The standard InChI is InChI=1S/C21H25FN4O3/c1-13(2)10-21(4,25-20(27)28)12-29-18-6-5-15(9-17(18)22)16-7-8-23-26-11-14(3)24-19(16)26/h5-9,11,13,25H,10,12H2,1-4H3,(H,27,28). The third-order valence-electron chi connectivity index (χ3n) is 4.54. The van der Waals surface area contributed by atoms with Gasteiger partial charge in [-0.2, -0.15) is 5.10 Å². The highest BCUT2D eigenvalue weighted by molar-refractivity contribution is 5.77. The Bertz CT molecular complexity index is 1030. The number of hydrogen-bond donors (Lipinski definition) is 2. The number of carboxylic acid groups (broad SMARTS) is 1. The van der Waals surface area contributed by atoms with Gasteiger partial charge < -0.3 is 15.2 Å². The highest BCUT2D eigenvalue weighted by Gasteiger charge is 2.29. The van der Waals surface area contributed by atoms with E-state index < -0.39 is 17.4 Å². The Morgan fingerprint density at radius 3 is 2.79 bits per heavy atom. The van der Waals surface area contributed by atoms with Crippen LogP contribution in [0.2, 0.25) is 0 Å². The van der Waals surface area contributed by atoms with Crippen molar-refractivity contribution in [3.8, 4) is 16.9 Å². The largest absolute Gasteiger partial charge is 0.488 e. The summed E-state index contributed by atoms with van der Waals surface area (Å²) in [7, 11) is 0. The van der Waals surface area contributed by atoms with E-state index in [1.54, 1.807) is 42.0 Å². The van der Waals surface area contributed by atoms with Gasteiger partial charge in [-0.25, -0.2) is 18.7 Å². The Hall–Kier alpha value is -3.16. The van der Waals surface area contributed by atoms with Crippen LogP contribution in [0.5, 0.6) is 5.75 Å². The Morgan fingerprint density at radius 1 is 1.38 bits per heavy atom. The third kappa shape index (κ3) is 4.82. The zero-order chi connectivity index (χ0) is 21.2. The predicted octanol–water partition coefficient (Wildman–Crippen LogP) is 4.30. The second-order valence-electron chi connectivity index (χ2n) is 7.92. The van der Waals surface area contributed by atoms with E-state index in [-0.39, 0.29) is 18.3 Å². The maximum absolute atomic E-state index is 14.7. The molecule has 2 aromatic heterocycles. The Balaban J connectivity index is 1.83. The van der Waals surface area contributed by atoms with Crippen molar-refractivity contribution in [3.63, 3.8) is 0 Å².